The number of likely N-dealkylation sites (N-methyl/N-ethyl adjacent to an activating group) is 1. The van der Waals surface area contributed by atoms with Crippen LogP contribution in [0.4, 0.5) is 0 Å². The first-order chi connectivity index (χ1) is 8.93. The number of carboxylic acid groups (broad SMARTS) is 1. The van der Waals surface area contributed by atoms with E-state index in [0.29, 0.717) is 6.54 Å². The summed E-state index contributed by atoms with van der Waals surface area (Å²) >= 11 is 0. The standard InChI is InChI=1S/C15H23NO3/c1-11-10-14(19-4)12(2)9-13(11)5-7-16(3)8-6-15(17)18/h9-10H,5-8H2,1-4H3,(H,17,18). The van der Waals surface area contributed by atoms with Gasteiger partial charge in [-0.2, -0.15) is 0 Å². The van der Waals surface area contributed by atoms with Crippen molar-refractivity contribution in [3.05, 3.63) is 28.8 Å². The van der Waals surface area contributed by atoms with Gasteiger partial charge in [0.25, 0.3) is 0 Å². The fourth-order valence-corrected chi connectivity index (χ4v) is 2.05. The minimum Gasteiger partial charge on any atom is -0.496 e. The molecule has 0 aliphatic carbocycles. The molecule has 1 rings (SSSR count). The molecule has 19 heavy (non-hydrogen) atoms. The summed E-state index contributed by atoms with van der Waals surface area (Å²) in [7, 11) is 3.63. The summed E-state index contributed by atoms with van der Waals surface area (Å²) in [5.74, 6) is 0.170. The van der Waals surface area contributed by atoms with Gasteiger partial charge in [-0.25, -0.2) is 0 Å². The van der Waals surface area contributed by atoms with Gasteiger partial charge in [0.2, 0.25) is 0 Å². The van der Waals surface area contributed by atoms with E-state index < -0.39 is 5.97 Å². The third-order valence-corrected chi connectivity index (χ3v) is 3.32. The number of nitrogens with zero attached hydrogens (tertiary/aromatic N) is 1. The Balaban J connectivity index is 2.58. The van der Waals surface area contributed by atoms with E-state index in [9.17, 15) is 4.79 Å². The highest BCUT2D eigenvalue weighted by Crippen LogP contribution is 2.22. The predicted octanol–water partition coefficient (Wildman–Crippen LogP) is 2.26. The maximum absolute atomic E-state index is 10.5. The van der Waals surface area contributed by atoms with Gasteiger partial charge in [0.1, 0.15) is 5.75 Å². The first kappa shape index (κ1) is 15.5. The Labute approximate surface area is 115 Å². The molecule has 4 heteroatoms. The van der Waals surface area contributed by atoms with Crippen molar-refractivity contribution < 1.29 is 14.6 Å². The number of benzene rings is 1. The van der Waals surface area contributed by atoms with Crippen molar-refractivity contribution in [3.8, 4) is 5.75 Å². The number of ether oxygens (including phenoxy) is 1. The third-order valence-electron chi connectivity index (χ3n) is 3.32. The van der Waals surface area contributed by atoms with Gasteiger partial charge in [-0.3, -0.25) is 4.79 Å². The number of rotatable bonds is 7. The summed E-state index contributed by atoms with van der Waals surface area (Å²) < 4.78 is 5.30. The molecule has 0 fully saturated rings. The smallest absolute Gasteiger partial charge is 0.304 e. The van der Waals surface area contributed by atoms with Gasteiger partial charge < -0.3 is 14.7 Å². The second-order valence-electron chi connectivity index (χ2n) is 4.95. The van der Waals surface area contributed by atoms with Crippen LogP contribution in [-0.4, -0.2) is 43.2 Å². The SMILES string of the molecule is COc1cc(C)c(CCN(C)CCC(=O)O)cc1C. The van der Waals surface area contributed by atoms with Crippen LogP contribution in [0, 0.1) is 13.8 Å². The van der Waals surface area contributed by atoms with Gasteiger partial charge in [-0.15, -0.1) is 0 Å². The molecule has 0 saturated heterocycles. The maximum Gasteiger partial charge on any atom is 0.304 e. The molecule has 0 radical (unpaired) electrons. The minimum absolute atomic E-state index is 0.192. The summed E-state index contributed by atoms with van der Waals surface area (Å²) in [4.78, 5) is 12.6. The van der Waals surface area contributed by atoms with E-state index in [1.807, 2.05) is 18.9 Å². The van der Waals surface area contributed by atoms with Crippen LogP contribution < -0.4 is 4.74 Å². The summed E-state index contributed by atoms with van der Waals surface area (Å²) in [6, 6.07) is 4.21. The van der Waals surface area contributed by atoms with Crippen molar-refractivity contribution in [1.82, 2.24) is 4.90 Å². The zero-order chi connectivity index (χ0) is 14.4. The van der Waals surface area contributed by atoms with Crippen LogP contribution in [0.1, 0.15) is 23.1 Å². The highest BCUT2D eigenvalue weighted by Gasteiger charge is 2.07. The van der Waals surface area contributed by atoms with Crippen molar-refractivity contribution in [3.63, 3.8) is 0 Å². The van der Waals surface area contributed by atoms with Gasteiger partial charge in [0.15, 0.2) is 0 Å². The molecule has 0 unspecified atom stereocenters. The van der Waals surface area contributed by atoms with Crippen molar-refractivity contribution in [2.75, 3.05) is 27.2 Å². The van der Waals surface area contributed by atoms with Crippen molar-refractivity contribution in [2.45, 2.75) is 26.7 Å². The van der Waals surface area contributed by atoms with E-state index >= 15 is 0 Å². The van der Waals surface area contributed by atoms with E-state index in [4.69, 9.17) is 9.84 Å². The fourth-order valence-electron chi connectivity index (χ4n) is 2.05. The highest BCUT2D eigenvalue weighted by molar-refractivity contribution is 5.66. The van der Waals surface area contributed by atoms with Crippen LogP contribution in [-0.2, 0) is 11.2 Å². The molecule has 0 amide bonds. The molecule has 0 aromatic heterocycles. The highest BCUT2D eigenvalue weighted by atomic mass is 16.5. The van der Waals surface area contributed by atoms with Gasteiger partial charge >= 0.3 is 5.97 Å². The lowest BCUT2D eigenvalue weighted by atomic mass is 10.0. The number of aliphatic carboxylic acids is 1. The van der Waals surface area contributed by atoms with Crippen molar-refractivity contribution >= 4 is 5.97 Å². The van der Waals surface area contributed by atoms with E-state index in [-0.39, 0.29) is 6.42 Å². The van der Waals surface area contributed by atoms with Gasteiger partial charge in [0.05, 0.1) is 13.5 Å². The molecule has 0 bridgehead atoms. The monoisotopic (exact) mass is 265 g/mol. The van der Waals surface area contributed by atoms with Gasteiger partial charge in [0, 0.05) is 13.1 Å². The Morgan fingerprint density at radius 3 is 2.53 bits per heavy atom. The number of carbonyl (C=O) groups is 1. The average Bonchev–Trinajstić information content (AvgIpc) is 2.36. The summed E-state index contributed by atoms with van der Waals surface area (Å²) in [6.45, 7) is 5.56. The first-order valence-corrected chi connectivity index (χ1v) is 6.48. The molecule has 106 valence electrons. The second-order valence-corrected chi connectivity index (χ2v) is 4.95. The lowest BCUT2D eigenvalue weighted by Gasteiger charge is -2.17. The first-order valence-electron chi connectivity index (χ1n) is 6.48. The molecule has 0 heterocycles. The fraction of sp³-hybridized carbons (Fsp3) is 0.533. The van der Waals surface area contributed by atoms with Gasteiger partial charge in [-0.1, -0.05) is 6.07 Å². The zero-order valence-electron chi connectivity index (χ0n) is 12.2. The van der Waals surface area contributed by atoms with E-state index in [2.05, 4.69) is 19.1 Å². The van der Waals surface area contributed by atoms with Crippen LogP contribution in [0.3, 0.4) is 0 Å². The van der Waals surface area contributed by atoms with Crippen LogP contribution in [0.25, 0.3) is 0 Å². The van der Waals surface area contributed by atoms with E-state index in [1.54, 1.807) is 7.11 Å². The Kier molecular flexibility index (Phi) is 5.83. The summed E-state index contributed by atoms with van der Waals surface area (Å²) in [5, 5.41) is 8.65. The minimum atomic E-state index is -0.747. The molecule has 1 N–H and O–H groups in total. The third kappa shape index (κ3) is 4.91. The Morgan fingerprint density at radius 1 is 1.26 bits per heavy atom. The van der Waals surface area contributed by atoms with E-state index in [1.165, 1.54) is 11.1 Å². The Hall–Kier alpha value is -1.55. The molecule has 0 saturated carbocycles. The second kappa shape index (κ2) is 7.14. The maximum atomic E-state index is 10.5. The normalized spacial score (nSPS) is 10.8. The molecular formula is C15H23NO3. The number of hydrogen-bond acceptors (Lipinski definition) is 3. The zero-order valence-corrected chi connectivity index (χ0v) is 12.2. The van der Waals surface area contributed by atoms with E-state index in [0.717, 1.165) is 24.3 Å². The van der Waals surface area contributed by atoms with Crippen LogP contribution in [0.5, 0.6) is 5.75 Å². The molecule has 0 aliphatic heterocycles. The summed E-state index contributed by atoms with van der Waals surface area (Å²) in [6.07, 6.45) is 1.11. The number of carboxylic acids is 1. The Bertz CT molecular complexity index is 443. The number of methoxy groups -OCH3 is 1. The molecular weight excluding hydrogens is 242 g/mol. The largest absolute Gasteiger partial charge is 0.496 e. The molecule has 1 aromatic carbocycles. The van der Waals surface area contributed by atoms with Crippen LogP contribution in [0.2, 0.25) is 0 Å². The molecule has 0 spiro atoms. The van der Waals surface area contributed by atoms with Crippen LogP contribution >= 0.6 is 0 Å². The number of hydrogen-bond donors (Lipinski definition) is 1. The van der Waals surface area contributed by atoms with Crippen LogP contribution in [0.15, 0.2) is 12.1 Å². The molecule has 0 aliphatic rings. The Morgan fingerprint density at radius 2 is 1.95 bits per heavy atom. The lowest BCUT2D eigenvalue weighted by Crippen LogP contribution is -2.24. The predicted molar refractivity (Wildman–Crippen MR) is 75.9 cm³/mol. The van der Waals surface area contributed by atoms with Gasteiger partial charge in [-0.05, 0) is 50.1 Å². The lowest BCUT2D eigenvalue weighted by molar-refractivity contribution is -0.137. The van der Waals surface area contributed by atoms with Crippen molar-refractivity contribution in [2.24, 2.45) is 0 Å². The topological polar surface area (TPSA) is 49.8 Å². The summed E-state index contributed by atoms with van der Waals surface area (Å²) in [5.41, 5.74) is 3.64. The average molecular weight is 265 g/mol. The van der Waals surface area contributed by atoms with Crippen molar-refractivity contribution in [1.29, 1.82) is 0 Å². The molecule has 4 nitrogen and oxygen atoms in total. The number of aryl methyl sites for hydroxylation is 2. The molecule has 0 atom stereocenters. The molecule has 1 aromatic rings. The quantitative estimate of drug-likeness (QED) is 0.821.